The first-order chi connectivity index (χ1) is 9.15. The van der Waals surface area contributed by atoms with Gasteiger partial charge in [-0.3, -0.25) is 0 Å². The van der Waals surface area contributed by atoms with E-state index in [1.54, 1.807) is 12.1 Å². The van der Waals surface area contributed by atoms with E-state index in [4.69, 9.17) is 10.5 Å². The molecule has 0 amide bonds. The predicted octanol–water partition coefficient (Wildman–Crippen LogP) is 3.57. The van der Waals surface area contributed by atoms with E-state index in [0.29, 0.717) is 0 Å². The molecular formula is C16H22FNO. The standard InChI is InChI=1S/C16H22FNO/c17-13-5-6-15-12(9-13)10-14(19-15)11-16(18)7-3-1-2-4-8-16/h5-6,9,14H,1-4,7-8,10-11,18H2. The summed E-state index contributed by atoms with van der Waals surface area (Å²) in [6.45, 7) is 0. The molecule has 2 aliphatic rings. The Hall–Kier alpha value is -1.09. The monoisotopic (exact) mass is 263 g/mol. The Labute approximate surface area is 114 Å². The van der Waals surface area contributed by atoms with Gasteiger partial charge in [0.25, 0.3) is 0 Å². The minimum atomic E-state index is -0.181. The van der Waals surface area contributed by atoms with E-state index in [0.717, 1.165) is 37.0 Å². The molecule has 1 aromatic rings. The first-order valence-electron chi connectivity index (χ1n) is 7.39. The summed E-state index contributed by atoms with van der Waals surface area (Å²) in [6.07, 6.45) is 9.06. The molecule has 1 heterocycles. The number of fused-ring (bicyclic) bond motifs is 1. The Morgan fingerprint density at radius 2 is 1.95 bits per heavy atom. The molecule has 1 aliphatic heterocycles. The first kappa shape index (κ1) is 12.9. The number of nitrogens with two attached hydrogens (primary N) is 1. The summed E-state index contributed by atoms with van der Waals surface area (Å²) in [5, 5.41) is 0. The van der Waals surface area contributed by atoms with Crippen molar-refractivity contribution in [3.8, 4) is 5.75 Å². The molecule has 1 aromatic carbocycles. The SMILES string of the molecule is NC1(CC2Cc3cc(F)ccc3O2)CCCCCC1. The molecule has 2 nitrogen and oxygen atoms in total. The molecule has 1 aliphatic carbocycles. The quantitative estimate of drug-likeness (QED) is 0.828. The molecule has 1 saturated carbocycles. The zero-order valence-corrected chi connectivity index (χ0v) is 11.3. The van der Waals surface area contributed by atoms with E-state index in [1.165, 1.54) is 31.7 Å². The summed E-state index contributed by atoms with van der Waals surface area (Å²) in [6, 6.07) is 4.79. The van der Waals surface area contributed by atoms with Gasteiger partial charge in [-0.05, 0) is 31.0 Å². The molecule has 19 heavy (non-hydrogen) atoms. The fourth-order valence-electron chi connectivity index (χ4n) is 3.49. The van der Waals surface area contributed by atoms with Gasteiger partial charge in [0.15, 0.2) is 0 Å². The second-order valence-electron chi connectivity index (χ2n) is 6.18. The van der Waals surface area contributed by atoms with Crippen molar-refractivity contribution in [3.63, 3.8) is 0 Å². The van der Waals surface area contributed by atoms with Crippen LogP contribution in [0.3, 0.4) is 0 Å². The molecule has 0 spiro atoms. The van der Waals surface area contributed by atoms with Crippen molar-refractivity contribution in [2.24, 2.45) is 5.73 Å². The van der Waals surface area contributed by atoms with Crippen molar-refractivity contribution >= 4 is 0 Å². The van der Waals surface area contributed by atoms with Crippen molar-refractivity contribution in [2.75, 3.05) is 0 Å². The molecule has 3 heteroatoms. The van der Waals surface area contributed by atoms with Crippen LogP contribution in [0.1, 0.15) is 50.5 Å². The van der Waals surface area contributed by atoms with Crippen LogP contribution in [0, 0.1) is 5.82 Å². The summed E-state index contributed by atoms with van der Waals surface area (Å²) in [5.74, 6) is 0.656. The van der Waals surface area contributed by atoms with Gasteiger partial charge in [0.05, 0.1) is 0 Å². The summed E-state index contributed by atoms with van der Waals surface area (Å²) in [7, 11) is 0. The van der Waals surface area contributed by atoms with Gasteiger partial charge in [-0.2, -0.15) is 0 Å². The van der Waals surface area contributed by atoms with Crippen LogP contribution >= 0.6 is 0 Å². The number of benzene rings is 1. The molecule has 0 aromatic heterocycles. The Balaban J connectivity index is 1.66. The van der Waals surface area contributed by atoms with Crippen molar-refractivity contribution in [1.29, 1.82) is 0 Å². The van der Waals surface area contributed by atoms with Crippen LogP contribution in [-0.4, -0.2) is 11.6 Å². The Bertz CT molecular complexity index is 452. The Morgan fingerprint density at radius 1 is 1.21 bits per heavy atom. The fraction of sp³-hybridized carbons (Fsp3) is 0.625. The van der Waals surface area contributed by atoms with Crippen LogP contribution in [0.4, 0.5) is 4.39 Å². The van der Waals surface area contributed by atoms with E-state index >= 15 is 0 Å². The minimum Gasteiger partial charge on any atom is -0.490 e. The maximum absolute atomic E-state index is 13.2. The van der Waals surface area contributed by atoms with Gasteiger partial charge >= 0.3 is 0 Å². The fourth-order valence-corrected chi connectivity index (χ4v) is 3.49. The smallest absolute Gasteiger partial charge is 0.123 e. The van der Waals surface area contributed by atoms with Crippen LogP contribution in [0.25, 0.3) is 0 Å². The minimum absolute atomic E-state index is 0.0816. The average molecular weight is 263 g/mol. The molecule has 3 rings (SSSR count). The van der Waals surface area contributed by atoms with Gasteiger partial charge in [-0.15, -0.1) is 0 Å². The van der Waals surface area contributed by atoms with Gasteiger partial charge in [-0.1, -0.05) is 25.7 Å². The van der Waals surface area contributed by atoms with Gasteiger partial charge in [0, 0.05) is 23.9 Å². The number of ether oxygens (including phenoxy) is 1. The van der Waals surface area contributed by atoms with Crippen LogP contribution in [0.15, 0.2) is 18.2 Å². The maximum Gasteiger partial charge on any atom is 0.123 e. The maximum atomic E-state index is 13.2. The average Bonchev–Trinajstić information content (AvgIpc) is 2.61. The number of hydrogen-bond acceptors (Lipinski definition) is 2. The third-order valence-electron chi connectivity index (χ3n) is 4.50. The van der Waals surface area contributed by atoms with E-state index in [-0.39, 0.29) is 17.5 Å². The lowest BCUT2D eigenvalue weighted by molar-refractivity contribution is 0.169. The van der Waals surface area contributed by atoms with E-state index < -0.39 is 0 Å². The predicted molar refractivity (Wildman–Crippen MR) is 73.8 cm³/mol. The van der Waals surface area contributed by atoms with Gasteiger partial charge in [-0.25, -0.2) is 4.39 Å². The summed E-state index contributed by atoms with van der Waals surface area (Å²) in [5.41, 5.74) is 7.46. The molecular weight excluding hydrogens is 241 g/mol. The zero-order valence-electron chi connectivity index (χ0n) is 11.3. The number of rotatable bonds is 2. The normalized spacial score (nSPS) is 25.5. The molecule has 1 atom stereocenters. The summed E-state index contributed by atoms with van der Waals surface area (Å²) >= 11 is 0. The molecule has 0 bridgehead atoms. The van der Waals surface area contributed by atoms with Crippen molar-refractivity contribution in [1.82, 2.24) is 0 Å². The van der Waals surface area contributed by atoms with Crippen LogP contribution < -0.4 is 10.5 Å². The van der Waals surface area contributed by atoms with Crippen LogP contribution in [0.5, 0.6) is 5.75 Å². The lowest BCUT2D eigenvalue weighted by Crippen LogP contribution is -2.43. The van der Waals surface area contributed by atoms with E-state index in [2.05, 4.69) is 0 Å². The van der Waals surface area contributed by atoms with Crippen molar-refractivity contribution < 1.29 is 9.13 Å². The van der Waals surface area contributed by atoms with Gasteiger partial charge in [0.1, 0.15) is 17.7 Å². The van der Waals surface area contributed by atoms with Crippen molar-refractivity contribution in [3.05, 3.63) is 29.6 Å². The van der Waals surface area contributed by atoms with E-state index in [1.807, 2.05) is 0 Å². The lowest BCUT2D eigenvalue weighted by Gasteiger charge is -2.30. The number of halogens is 1. The zero-order chi connectivity index (χ0) is 13.3. The van der Waals surface area contributed by atoms with Crippen LogP contribution in [0.2, 0.25) is 0 Å². The second kappa shape index (κ2) is 5.12. The van der Waals surface area contributed by atoms with Crippen molar-refractivity contribution in [2.45, 2.75) is 63.0 Å². The molecule has 0 radical (unpaired) electrons. The van der Waals surface area contributed by atoms with Gasteiger partial charge < -0.3 is 10.5 Å². The molecule has 1 fully saturated rings. The van der Waals surface area contributed by atoms with Crippen LogP contribution in [-0.2, 0) is 6.42 Å². The molecule has 104 valence electrons. The summed E-state index contributed by atoms with van der Waals surface area (Å²) < 4.78 is 19.1. The lowest BCUT2D eigenvalue weighted by atomic mass is 9.85. The highest BCUT2D eigenvalue weighted by atomic mass is 19.1. The Kier molecular flexibility index (Phi) is 3.48. The highest BCUT2D eigenvalue weighted by molar-refractivity contribution is 5.38. The van der Waals surface area contributed by atoms with Gasteiger partial charge in [0.2, 0.25) is 0 Å². The highest BCUT2D eigenvalue weighted by Gasteiger charge is 2.33. The second-order valence-corrected chi connectivity index (χ2v) is 6.18. The topological polar surface area (TPSA) is 35.2 Å². The van der Waals surface area contributed by atoms with E-state index in [9.17, 15) is 4.39 Å². The summed E-state index contributed by atoms with van der Waals surface area (Å²) in [4.78, 5) is 0. The first-order valence-corrected chi connectivity index (χ1v) is 7.39. The molecule has 0 saturated heterocycles. The molecule has 1 unspecified atom stereocenters. The molecule has 2 N–H and O–H groups in total. The Morgan fingerprint density at radius 3 is 2.68 bits per heavy atom. The third kappa shape index (κ3) is 2.92. The highest BCUT2D eigenvalue weighted by Crippen LogP contribution is 2.35. The third-order valence-corrected chi connectivity index (χ3v) is 4.50. The largest absolute Gasteiger partial charge is 0.490 e. The number of hydrogen-bond donors (Lipinski definition) is 1.